The lowest BCUT2D eigenvalue weighted by atomic mass is 9.96. The third kappa shape index (κ3) is 2.39. The molecule has 1 N–H and O–H groups in total. The van der Waals surface area contributed by atoms with Crippen LogP contribution >= 0.6 is 0 Å². The molecule has 2 aromatic carbocycles. The number of aromatic hydroxyl groups is 1. The molecule has 0 unspecified atom stereocenters. The molecule has 0 radical (unpaired) electrons. The summed E-state index contributed by atoms with van der Waals surface area (Å²) < 4.78 is 0. The molecule has 0 aromatic heterocycles. The Morgan fingerprint density at radius 2 is 1.53 bits per heavy atom. The molecule has 19 heavy (non-hydrogen) atoms. The van der Waals surface area contributed by atoms with Crippen LogP contribution in [-0.4, -0.2) is 10.9 Å². The summed E-state index contributed by atoms with van der Waals surface area (Å²) >= 11 is 0. The highest BCUT2D eigenvalue weighted by atomic mass is 16.3. The van der Waals surface area contributed by atoms with Gasteiger partial charge in [-0.2, -0.15) is 0 Å². The first-order chi connectivity index (χ1) is 9.24. The van der Waals surface area contributed by atoms with Crippen LogP contribution in [0.5, 0.6) is 5.75 Å². The number of phenols is 1. The van der Waals surface area contributed by atoms with Gasteiger partial charge in [-0.1, -0.05) is 30.3 Å². The number of phenolic OH excluding ortho intramolecular Hbond substituents is 1. The Morgan fingerprint density at radius 1 is 0.842 bits per heavy atom. The zero-order valence-electron chi connectivity index (χ0n) is 10.7. The molecule has 2 aromatic rings. The van der Waals surface area contributed by atoms with Gasteiger partial charge in [0.05, 0.1) is 0 Å². The molecule has 0 fully saturated rings. The number of rotatable bonds is 1. The van der Waals surface area contributed by atoms with Gasteiger partial charge in [-0.05, 0) is 48.1 Å². The standard InChI is InChI=1S/C17H16O2/c18-15-8-5-12(6-9-15)13-7-10-16-14(11-13)3-1-2-4-17(16)19/h5-11,18H,1-4H2. The van der Waals surface area contributed by atoms with E-state index in [4.69, 9.17) is 0 Å². The van der Waals surface area contributed by atoms with Crippen molar-refractivity contribution in [1.82, 2.24) is 0 Å². The lowest BCUT2D eigenvalue weighted by molar-refractivity contribution is 0.0982. The van der Waals surface area contributed by atoms with E-state index in [0.717, 1.165) is 41.5 Å². The molecule has 0 spiro atoms. The first-order valence-electron chi connectivity index (χ1n) is 6.69. The van der Waals surface area contributed by atoms with Crippen LogP contribution in [0.1, 0.15) is 35.2 Å². The Labute approximate surface area is 112 Å². The van der Waals surface area contributed by atoms with Crippen LogP contribution < -0.4 is 0 Å². The highest BCUT2D eigenvalue weighted by molar-refractivity contribution is 5.98. The summed E-state index contributed by atoms with van der Waals surface area (Å²) in [5, 5.41) is 9.32. The molecule has 1 aliphatic carbocycles. The molecule has 3 rings (SSSR count). The molecule has 1 aliphatic rings. The normalized spacial score (nSPS) is 14.8. The zero-order chi connectivity index (χ0) is 13.2. The Hall–Kier alpha value is -2.09. The van der Waals surface area contributed by atoms with Gasteiger partial charge in [-0.15, -0.1) is 0 Å². The summed E-state index contributed by atoms with van der Waals surface area (Å²) in [6.07, 6.45) is 3.72. The SMILES string of the molecule is O=C1CCCCc2cc(-c3ccc(O)cc3)ccc21. The molecule has 0 saturated carbocycles. The number of carbonyl (C=O) groups is 1. The van der Waals surface area contributed by atoms with Gasteiger partial charge in [-0.3, -0.25) is 4.79 Å². The highest BCUT2D eigenvalue weighted by Crippen LogP contribution is 2.27. The average molecular weight is 252 g/mol. The number of carbonyl (C=O) groups excluding carboxylic acids is 1. The van der Waals surface area contributed by atoms with E-state index >= 15 is 0 Å². The predicted molar refractivity (Wildman–Crippen MR) is 75.4 cm³/mol. The Balaban J connectivity index is 2.03. The molecule has 0 bridgehead atoms. The van der Waals surface area contributed by atoms with Crippen molar-refractivity contribution in [3.05, 3.63) is 53.6 Å². The largest absolute Gasteiger partial charge is 0.508 e. The molecule has 2 nitrogen and oxygen atoms in total. The number of hydrogen-bond donors (Lipinski definition) is 1. The monoisotopic (exact) mass is 252 g/mol. The molecular formula is C17H16O2. The minimum absolute atomic E-state index is 0.268. The minimum atomic E-state index is 0.268. The van der Waals surface area contributed by atoms with Gasteiger partial charge >= 0.3 is 0 Å². The van der Waals surface area contributed by atoms with E-state index in [1.54, 1.807) is 12.1 Å². The molecule has 0 heterocycles. The van der Waals surface area contributed by atoms with Crippen molar-refractivity contribution in [2.75, 3.05) is 0 Å². The molecule has 0 amide bonds. The lowest BCUT2D eigenvalue weighted by Gasteiger charge is -2.08. The van der Waals surface area contributed by atoms with Crippen molar-refractivity contribution in [2.45, 2.75) is 25.7 Å². The lowest BCUT2D eigenvalue weighted by Crippen LogP contribution is -2.00. The van der Waals surface area contributed by atoms with Gasteiger partial charge < -0.3 is 5.11 Å². The topological polar surface area (TPSA) is 37.3 Å². The van der Waals surface area contributed by atoms with Crippen LogP contribution in [0.3, 0.4) is 0 Å². The summed E-state index contributed by atoms with van der Waals surface area (Å²) in [6.45, 7) is 0. The van der Waals surface area contributed by atoms with Crippen molar-refractivity contribution < 1.29 is 9.90 Å². The Morgan fingerprint density at radius 3 is 2.32 bits per heavy atom. The Bertz CT molecular complexity index is 612. The fraction of sp³-hybridized carbons (Fsp3) is 0.235. The maximum atomic E-state index is 12.0. The van der Waals surface area contributed by atoms with Crippen LogP contribution in [0.15, 0.2) is 42.5 Å². The van der Waals surface area contributed by atoms with Crippen LogP contribution in [0.25, 0.3) is 11.1 Å². The van der Waals surface area contributed by atoms with Crippen molar-refractivity contribution in [3.63, 3.8) is 0 Å². The number of hydrogen-bond acceptors (Lipinski definition) is 2. The molecule has 0 atom stereocenters. The number of ketones is 1. The molecule has 0 saturated heterocycles. The first-order valence-corrected chi connectivity index (χ1v) is 6.69. The van der Waals surface area contributed by atoms with E-state index in [2.05, 4.69) is 6.07 Å². The maximum absolute atomic E-state index is 12.0. The van der Waals surface area contributed by atoms with Gasteiger partial charge in [0.15, 0.2) is 5.78 Å². The summed E-state index contributed by atoms with van der Waals surface area (Å²) in [6, 6.07) is 13.2. The van der Waals surface area contributed by atoms with Crippen molar-refractivity contribution in [1.29, 1.82) is 0 Å². The van der Waals surface area contributed by atoms with Crippen molar-refractivity contribution >= 4 is 5.78 Å². The van der Waals surface area contributed by atoms with E-state index in [1.165, 1.54) is 0 Å². The van der Waals surface area contributed by atoms with E-state index in [1.807, 2.05) is 24.3 Å². The second-order valence-electron chi connectivity index (χ2n) is 5.05. The Kier molecular flexibility index (Phi) is 3.08. The number of Topliss-reactive ketones (excluding diaryl/α,β-unsaturated/α-hetero) is 1. The number of aryl methyl sites for hydroxylation is 1. The summed E-state index contributed by atoms with van der Waals surface area (Å²) in [7, 11) is 0. The third-order valence-corrected chi connectivity index (χ3v) is 3.71. The predicted octanol–water partition coefficient (Wildman–Crippen LogP) is 3.97. The summed E-state index contributed by atoms with van der Waals surface area (Å²) in [5.74, 6) is 0.540. The second kappa shape index (κ2) is 4.88. The molecular weight excluding hydrogens is 236 g/mol. The van der Waals surface area contributed by atoms with Gasteiger partial charge in [0.25, 0.3) is 0 Å². The van der Waals surface area contributed by atoms with E-state index < -0.39 is 0 Å². The van der Waals surface area contributed by atoms with E-state index in [-0.39, 0.29) is 11.5 Å². The highest BCUT2D eigenvalue weighted by Gasteiger charge is 2.15. The van der Waals surface area contributed by atoms with Gasteiger partial charge in [-0.25, -0.2) is 0 Å². The van der Waals surface area contributed by atoms with E-state index in [0.29, 0.717) is 6.42 Å². The average Bonchev–Trinajstić information content (AvgIpc) is 2.61. The van der Waals surface area contributed by atoms with Gasteiger partial charge in [0.1, 0.15) is 5.75 Å². The summed E-state index contributed by atoms with van der Waals surface area (Å²) in [4.78, 5) is 12.0. The van der Waals surface area contributed by atoms with Gasteiger partial charge in [0, 0.05) is 12.0 Å². The van der Waals surface area contributed by atoms with Crippen LogP contribution in [0.4, 0.5) is 0 Å². The molecule has 2 heteroatoms. The zero-order valence-corrected chi connectivity index (χ0v) is 10.7. The molecule has 96 valence electrons. The molecule has 0 aliphatic heterocycles. The first kappa shape index (κ1) is 12.0. The quantitative estimate of drug-likeness (QED) is 0.780. The number of benzene rings is 2. The summed E-state index contributed by atoms with van der Waals surface area (Å²) in [5.41, 5.74) is 4.22. The number of fused-ring (bicyclic) bond motifs is 1. The van der Waals surface area contributed by atoms with E-state index in [9.17, 15) is 9.90 Å². The van der Waals surface area contributed by atoms with Gasteiger partial charge in [0.2, 0.25) is 0 Å². The second-order valence-corrected chi connectivity index (χ2v) is 5.05. The smallest absolute Gasteiger partial charge is 0.163 e. The van der Waals surface area contributed by atoms with Crippen LogP contribution in [0.2, 0.25) is 0 Å². The van der Waals surface area contributed by atoms with Crippen LogP contribution in [0, 0.1) is 0 Å². The van der Waals surface area contributed by atoms with Crippen molar-refractivity contribution in [3.8, 4) is 16.9 Å². The fourth-order valence-electron chi connectivity index (χ4n) is 2.64. The minimum Gasteiger partial charge on any atom is -0.508 e. The third-order valence-electron chi connectivity index (χ3n) is 3.71. The maximum Gasteiger partial charge on any atom is 0.163 e. The fourth-order valence-corrected chi connectivity index (χ4v) is 2.64. The van der Waals surface area contributed by atoms with Crippen molar-refractivity contribution in [2.24, 2.45) is 0 Å². The van der Waals surface area contributed by atoms with Crippen LogP contribution in [-0.2, 0) is 6.42 Å².